The molecule has 1 atom stereocenters. The van der Waals surface area contributed by atoms with Gasteiger partial charge in [-0.05, 0) is 40.4 Å². The van der Waals surface area contributed by atoms with Crippen LogP contribution in [0.4, 0.5) is 0 Å². The topological polar surface area (TPSA) is 50.5 Å². The molecule has 5 nitrogen and oxygen atoms in total. The second-order valence-electron chi connectivity index (χ2n) is 6.21. The van der Waals surface area contributed by atoms with Crippen molar-refractivity contribution in [3.8, 4) is 0 Å². The third-order valence-electron chi connectivity index (χ3n) is 4.49. The monoisotopic (exact) mass is 396 g/mol. The van der Waals surface area contributed by atoms with E-state index < -0.39 is 0 Å². The Morgan fingerprint density at radius 3 is 2.84 bits per heavy atom. The number of hydrogen-bond donors (Lipinski definition) is 0. The number of fused-ring (bicyclic) bond motifs is 1. The van der Waals surface area contributed by atoms with Crippen molar-refractivity contribution in [2.45, 2.75) is 19.4 Å². The molecule has 0 fully saturated rings. The predicted octanol–water partition coefficient (Wildman–Crippen LogP) is 3.81. The minimum absolute atomic E-state index is 0.0579. The van der Waals surface area contributed by atoms with E-state index in [0.29, 0.717) is 17.9 Å². The maximum Gasteiger partial charge on any atom is 0.274 e. The van der Waals surface area contributed by atoms with Crippen molar-refractivity contribution >= 4 is 33.1 Å². The van der Waals surface area contributed by atoms with Crippen LogP contribution in [-0.4, -0.2) is 38.0 Å². The summed E-state index contributed by atoms with van der Waals surface area (Å²) in [5.41, 5.74) is 3.60. The van der Waals surface area contributed by atoms with Crippen LogP contribution in [-0.2, 0) is 0 Å². The molecule has 1 unspecified atom stereocenters. The maximum atomic E-state index is 12.9. The van der Waals surface area contributed by atoms with Crippen LogP contribution in [0, 0.1) is 0 Å². The number of benzene rings is 1. The molecule has 0 bridgehead atoms. The van der Waals surface area contributed by atoms with Crippen LogP contribution in [0.25, 0.3) is 11.2 Å². The Bertz CT molecular complexity index is 964. The van der Waals surface area contributed by atoms with Crippen molar-refractivity contribution in [2.24, 2.45) is 0 Å². The van der Waals surface area contributed by atoms with Crippen molar-refractivity contribution in [3.63, 3.8) is 0 Å². The molecule has 0 aliphatic carbocycles. The number of hydrogen-bond acceptors (Lipinski definition) is 3. The number of carbonyl (C=O) groups is 1. The fourth-order valence-corrected chi connectivity index (χ4v) is 3.47. The van der Waals surface area contributed by atoms with Gasteiger partial charge in [-0.3, -0.25) is 4.79 Å². The standard InChI is InChI=1S/C19H17BrN4O/c1-13-9-15(14-5-3-2-4-6-14)7-8-23(13)19(25)17-10-18-21-11-16(20)12-24(18)22-17/h2-7,10-13H,8-9H2,1H3. The van der Waals surface area contributed by atoms with Crippen LogP contribution in [0.1, 0.15) is 29.4 Å². The lowest BCUT2D eigenvalue weighted by Crippen LogP contribution is -2.41. The summed E-state index contributed by atoms with van der Waals surface area (Å²) in [5.74, 6) is -0.0579. The molecule has 4 rings (SSSR count). The summed E-state index contributed by atoms with van der Waals surface area (Å²) in [7, 11) is 0. The molecular formula is C19H17BrN4O. The van der Waals surface area contributed by atoms with E-state index in [4.69, 9.17) is 0 Å². The van der Waals surface area contributed by atoms with Crippen molar-refractivity contribution in [2.75, 3.05) is 6.54 Å². The molecule has 6 heteroatoms. The molecular weight excluding hydrogens is 380 g/mol. The molecule has 1 aromatic carbocycles. The fraction of sp³-hybridized carbons (Fsp3) is 0.211. The van der Waals surface area contributed by atoms with Crippen LogP contribution < -0.4 is 0 Å². The summed E-state index contributed by atoms with van der Waals surface area (Å²) in [6.07, 6.45) is 6.47. The number of rotatable bonds is 2. The Kier molecular flexibility index (Phi) is 4.13. The molecule has 1 aliphatic heterocycles. The third-order valence-corrected chi connectivity index (χ3v) is 4.90. The molecule has 2 aromatic heterocycles. The van der Waals surface area contributed by atoms with Gasteiger partial charge in [0, 0.05) is 31.0 Å². The minimum atomic E-state index is -0.0579. The molecule has 0 spiro atoms. The van der Waals surface area contributed by atoms with Crippen LogP contribution in [0.3, 0.4) is 0 Å². The summed E-state index contributed by atoms with van der Waals surface area (Å²) in [5, 5.41) is 4.37. The predicted molar refractivity (Wildman–Crippen MR) is 100 cm³/mol. The van der Waals surface area contributed by atoms with Crippen molar-refractivity contribution < 1.29 is 4.79 Å². The Labute approximate surface area is 154 Å². The largest absolute Gasteiger partial charge is 0.330 e. The lowest BCUT2D eigenvalue weighted by molar-refractivity contribution is 0.0705. The zero-order chi connectivity index (χ0) is 17.4. The van der Waals surface area contributed by atoms with Gasteiger partial charge < -0.3 is 4.90 Å². The van der Waals surface area contributed by atoms with Crippen LogP contribution in [0.15, 0.2) is 59.3 Å². The lowest BCUT2D eigenvalue weighted by atomic mass is 9.95. The summed E-state index contributed by atoms with van der Waals surface area (Å²) >= 11 is 3.37. The second kappa shape index (κ2) is 6.44. The van der Waals surface area contributed by atoms with E-state index in [9.17, 15) is 4.79 Å². The molecule has 1 aliphatic rings. The normalized spacial score (nSPS) is 17.6. The first kappa shape index (κ1) is 16.0. The van der Waals surface area contributed by atoms with E-state index in [2.05, 4.69) is 51.1 Å². The first-order chi connectivity index (χ1) is 12.1. The first-order valence-corrected chi connectivity index (χ1v) is 8.97. The van der Waals surface area contributed by atoms with Gasteiger partial charge in [-0.2, -0.15) is 5.10 Å². The molecule has 0 saturated heterocycles. The van der Waals surface area contributed by atoms with Gasteiger partial charge in [-0.15, -0.1) is 0 Å². The van der Waals surface area contributed by atoms with Gasteiger partial charge in [-0.25, -0.2) is 9.50 Å². The summed E-state index contributed by atoms with van der Waals surface area (Å²) in [6, 6.07) is 12.2. The van der Waals surface area contributed by atoms with Crippen LogP contribution in [0.5, 0.6) is 0 Å². The summed E-state index contributed by atoms with van der Waals surface area (Å²) in [6.45, 7) is 2.67. The molecule has 3 heterocycles. The summed E-state index contributed by atoms with van der Waals surface area (Å²) < 4.78 is 2.45. The van der Waals surface area contributed by atoms with E-state index in [0.717, 1.165) is 10.9 Å². The number of aromatic nitrogens is 3. The Balaban J connectivity index is 1.59. The molecule has 1 amide bonds. The van der Waals surface area contributed by atoms with Gasteiger partial charge in [0.1, 0.15) is 0 Å². The SMILES string of the molecule is CC1CC(c2ccccc2)=CCN1C(=O)c1cc2ncc(Br)cn2n1. The Morgan fingerprint density at radius 1 is 1.28 bits per heavy atom. The van der Waals surface area contributed by atoms with Crippen molar-refractivity contribution in [1.29, 1.82) is 0 Å². The molecule has 0 radical (unpaired) electrons. The van der Waals surface area contributed by atoms with E-state index in [-0.39, 0.29) is 11.9 Å². The minimum Gasteiger partial charge on any atom is -0.330 e. The fourth-order valence-electron chi connectivity index (χ4n) is 3.18. The molecule has 25 heavy (non-hydrogen) atoms. The highest BCUT2D eigenvalue weighted by atomic mass is 79.9. The highest BCUT2D eigenvalue weighted by molar-refractivity contribution is 9.10. The molecule has 126 valence electrons. The van der Waals surface area contributed by atoms with Crippen LogP contribution >= 0.6 is 15.9 Å². The number of halogens is 1. The van der Waals surface area contributed by atoms with E-state index in [1.165, 1.54) is 11.1 Å². The van der Waals surface area contributed by atoms with E-state index >= 15 is 0 Å². The average Bonchev–Trinajstić information content (AvgIpc) is 3.05. The molecule has 0 N–H and O–H groups in total. The van der Waals surface area contributed by atoms with Crippen molar-refractivity contribution in [3.05, 3.63) is 70.6 Å². The zero-order valence-corrected chi connectivity index (χ0v) is 15.3. The van der Waals surface area contributed by atoms with Gasteiger partial charge in [0.15, 0.2) is 11.3 Å². The summed E-state index contributed by atoms with van der Waals surface area (Å²) in [4.78, 5) is 19.0. The number of amides is 1. The zero-order valence-electron chi connectivity index (χ0n) is 13.8. The maximum absolute atomic E-state index is 12.9. The second-order valence-corrected chi connectivity index (χ2v) is 7.13. The van der Waals surface area contributed by atoms with E-state index in [1.54, 1.807) is 23.0 Å². The van der Waals surface area contributed by atoms with Crippen molar-refractivity contribution in [1.82, 2.24) is 19.5 Å². The lowest BCUT2D eigenvalue weighted by Gasteiger charge is -2.32. The van der Waals surface area contributed by atoms with Gasteiger partial charge in [0.25, 0.3) is 5.91 Å². The quantitative estimate of drug-likeness (QED) is 0.661. The Morgan fingerprint density at radius 2 is 2.08 bits per heavy atom. The van der Waals surface area contributed by atoms with Gasteiger partial charge >= 0.3 is 0 Å². The highest BCUT2D eigenvalue weighted by Gasteiger charge is 2.27. The average molecular weight is 397 g/mol. The van der Waals surface area contributed by atoms with Gasteiger partial charge in [0.05, 0.1) is 4.47 Å². The molecule has 3 aromatic rings. The molecule has 0 saturated carbocycles. The number of carbonyl (C=O) groups excluding carboxylic acids is 1. The van der Waals surface area contributed by atoms with Crippen LogP contribution in [0.2, 0.25) is 0 Å². The Hall–Kier alpha value is -2.47. The highest BCUT2D eigenvalue weighted by Crippen LogP contribution is 2.27. The van der Waals surface area contributed by atoms with Gasteiger partial charge in [-0.1, -0.05) is 36.4 Å². The first-order valence-electron chi connectivity index (χ1n) is 8.18. The third kappa shape index (κ3) is 3.09. The number of nitrogens with zero attached hydrogens (tertiary/aromatic N) is 4. The smallest absolute Gasteiger partial charge is 0.274 e. The van der Waals surface area contributed by atoms with E-state index in [1.807, 2.05) is 23.1 Å². The van der Waals surface area contributed by atoms with Gasteiger partial charge in [0.2, 0.25) is 0 Å².